The number of nitrogens with zero attached hydrogens (tertiary/aromatic N) is 3. The summed E-state index contributed by atoms with van der Waals surface area (Å²) >= 11 is 0. The Morgan fingerprint density at radius 1 is 0.980 bits per heavy atom. The fourth-order valence-electron chi connectivity index (χ4n) is 7.38. The maximum atomic E-state index is 13.3. The Morgan fingerprint density at radius 2 is 1.78 bits per heavy atom. The lowest BCUT2D eigenvalue weighted by molar-refractivity contribution is -0.135. The molecule has 2 amide bonds. The van der Waals surface area contributed by atoms with Crippen molar-refractivity contribution < 1.29 is 14.3 Å². The van der Waals surface area contributed by atoms with Crippen LogP contribution >= 0.6 is 0 Å². The number of imidazole rings is 2. The Hall–Kier alpha value is -4.66. The molecule has 5 aromatic rings. The SMILES string of the molecule is CCC(C)CC(=O)NC(C)c1ncc(-c2ccc3c(c2)COc2cc4c(ccc5[nH]c(C6CCC(C)N6C(=O)CC(C)CC)nc54)cc2-3)[nH]1. The summed E-state index contributed by atoms with van der Waals surface area (Å²) in [6.07, 6.45) is 6.79. The van der Waals surface area contributed by atoms with Gasteiger partial charge in [-0.25, -0.2) is 9.97 Å². The van der Waals surface area contributed by atoms with Gasteiger partial charge < -0.3 is 24.9 Å². The van der Waals surface area contributed by atoms with Gasteiger partial charge in [-0.3, -0.25) is 9.59 Å². The fourth-order valence-corrected chi connectivity index (χ4v) is 7.38. The van der Waals surface area contributed by atoms with Crippen molar-refractivity contribution in [1.82, 2.24) is 30.2 Å². The molecular formula is C40H48N6O3. The van der Waals surface area contributed by atoms with E-state index in [-0.39, 0.29) is 29.9 Å². The molecule has 5 unspecified atom stereocenters. The molecule has 0 saturated carbocycles. The molecule has 3 N–H and O–H groups in total. The molecule has 2 aliphatic heterocycles. The Balaban J connectivity index is 1.14. The van der Waals surface area contributed by atoms with Gasteiger partial charge >= 0.3 is 0 Å². The summed E-state index contributed by atoms with van der Waals surface area (Å²) in [5, 5.41) is 5.20. The predicted octanol–water partition coefficient (Wildman–Crippen LogP) is 8.77. The first kappa shape index (κ1) is 32.9. The first-order chi connectivity index (χ1) is 23.6. The summed E-state index contributed by atoms with van der Waals surface area (Å²) in [6.45, 7) is 13.0. The highest BCUT2D eigenvalue weighted by molar-refractivity contribution is 6.07. The van der Waals surface area contributed by atoms with Crippen LogP contribution in [0.25, 0.3) is 44.2 Å². The minimum Gasteiger partial charge on any atom is -0.488 e. The van der Waals surface area contributed by atoms with Gasteiger partial charge in [0, 0.05) is 29.8 Å². The molecule has 7 rings (SSSR count). The van der Waals surface area contributed by atoms with Gasteiger partial charge in [0.2, 0.25) is 11.8 Å². The molecule has 9 nitrogen and oxygen atoms in total. The third kappa shape index (κ3) is 6.31. The lowest BCUT2D eigenvalue weighted by atomic mass is 9.92. The number of amides is 2. The van der Waals surface area contributed by atoms with Gasteiger partial charge in [0.25, 0.3) is 0 Å². The number of nitrogens with one attached hydrogen (secondary N) is 3. The van der Waals surface area contributed by atoms with Gasteiger partial charge in [0.15, 0.2) is 0 Å². The number of aromatic amines is 2. The summed E-state index contributed by atoms with van der Waals surface area (Å²) in [6, 6.07) is 15.0. The number of carbonyl (C=O) groups excluding carboxylic acids is 2. The van der Waals surface area contributed by atoms with Crippen molar-refractivity contribution in [3.05, 3.63) is 65.9 Å². The number of hydrogen-bond acceptors (Lipinski definition) is 5. The molecule has 256 valence electrons. The first-order valence-electron chi connectivity index (χ1n) is 18.0. The van der Waals surface area contributed by atoms with Gasteiger partial charge in [0.05, 0.1) is 35.0 Å². The first-order valence-corrected chi connectivity index (χ1v) is 18.0. The Labute approximate surface area is 288 Å². The molecule has 1 saturated heterocycles. The minimum absolute atomic E-state index is 0.0357. The van der Waals surface area contributed by atoms with E-state index in [1.807, 2.05) is 13.1 Å². The normalized spacial score (nSPS) is 18.9. The van der Waals surface area contributed by atoms with Gasteiger partial charge in [-0.2, -0.15) is 0 Å². The molecule has 0 aliphatic carbocycles. The van der Waals surface area contributed by atoms with E-state index < -0.39 is 0 Å². The molecule has 1 fully saturated rings. The second-order valence-corrected chi connectivity index (χ2v) is 14.5. The van der Waals surface area contributed by atoms with Crippen molar-refractivity contribution in [1.29, 1.82) is 0 Å². The number of H-pyrrole nitrogens is 2. The Kier molecular flexibility index (Phi) is 8.94. The van der Waals surface area contributed by atoms with E-state index >= 15 is 0 Å². The Bertz CT molecular complexity index is 2030. The molecule has 0 bridgehead atoms. The average molecular weight is 661 g/mol. The molecule has 3 aromatic carbocycles. The van der Waals surface area contributed by atoms with E-state index in [0.717, 1.165) is 92.8 Å². The lowest BCUT2D eigenvalue weighted by Crippen LogP contribution is -2.36. The molecule has 49 heavy (non-hydrogen) atoms. The van der Waals surface area contributed by atoms with Crippen LogP contribution in [0, 0.1) is 11.8 Å². The van der Waals surface area contributed by atoms with Crippen molar-refractivity contribution in [2.75, 3.05) is 0 Å². The van der Waals surface area contributed by atoms with Crippen LogP contribution in [0.15, 0.2) is 48.7 Å². The predicted molar refractivity (Wildman–Crippen MR) is 194 cm³/mol. The zero-order valence-corrected chi connectivity index (χ0v) is 29.5. The quantitative estimate of drug-likeness (QED) is 0.139. The maximum absolute atomic E-state index is 13.3. The smallest absolute Gasteiger partial charge is 0.223 e. The third-order valence-corrected chi connectivity index (χ3v) is 10.8. The number of hydrogen-bond donors (Lipinski definition) is 3. The van der Waals surface area contributed by atoms with Crippen molar-refractivity contribution in [3.63, 3.8) is 0 Å². The van der Waals surface area contributed by atoms with Crippen molar-refractivity contribution in [2.24, 2.45) is 11.8 Å². The molecule has 4 heterocycles. The standard InChI is InChI=1S/C40H48N6O3/c1-7-22(3)15-36(47)42-25(6)39-41-20-33(44-39)27-10-12-29-28(17-27)21-49-35-19-30-26(18-31(29)35)11-13-32-38(30)45-40(43-32)34-14-9-24(5)46(34)37(48)16-23(4)8-2/h10-13,17-20,22-25,34H,7-9,14-16,21H2,1-6H3,(H,41,44)(H,42,47)(H,43,45). The topological polar surface area (TPSA) is 116 Å². The summed E-state index contributed by atoms with van der Waals surface area (Å²) < 4.78 is 6.38. The number of likely N-dealkylation sites (tertiary alicyclic amines) is 1. The highest BCUT2D eigenvalue weighted by atomic mass is 16.5. The molecule has 0 radical (unpaired) electrons. The molecule has 2 aromatic heterocycles. The van der Waals surface area contributed by atoms with Crippen LogP contribution in [0.5, 0.6) is 5.75 Å². The molecule has 5 atom stereocenters. The largest absolute Gasteiger partial charge is 0.488 e. The van der Waals surface area contributed by atoms with E-state index in [0.29, 0.717) is 31.3 Å². The molecule has 2 aliphatic rings. The summed E-state index contributed by atoms with van der Waals surface area (Å²) in [5.74, 6) is 3.44. The number of aromatic nitrogens is 4. The Morgan fingerprint density at radius 3 is 2.57 bits per heavy atom. The van der Waals surface area contributed by atoms with E-state index in [9.17, 15) is 9.59 Å². The van der Waals surface area contributed by atoms with Crippen LogP contribution < -0.4 is 10.1 Å². The maximum Gasteiger partial charge on any atom is 0.223 e. The highest BCUT2D eigenvalue weighted by Gasteiger charge is 2.37. The van der Waals surface area contributed by atoms with Gasteiger partial charge in [-0.05, 0) is 84.9 Å². The van der Waals surface area contributed by atoms with Gasteiger partial charge in [-0.1, -0.05) is 58.7 Å². The minimum atomic E-state index is -0.207. The molecule has 9 heteroatoms. The highest BCUT2D eigenvalue weighted by Crippen LogP contribution is 2.43. The van der Waals surface area contributed by atoms with Gasteiger partial charge in [0.1, 0.15) is 24.0 Å². The van der Waals surface area contributed by atoms with Crippen LogP contribution in [0.4, 0.5) is 0 Å². The summed E-state index contributed by atoms with van der Waals surface area (Å²) in [5.41, 5.74) is 7.12. The number of benzene rings is 3. The third-order valence-electron chi connectivity index (χ3n) is 10.8. The van der Waals surface area contributed by atoms with Gasteiger partial charge in [-0.15, -0.1) is 0 Å². The second-order valence-electron chi connectivity index (χ2n) is 14.5. The van der Waals surface area contributed by atoms with Crippen LogP contribution in [-0.2, 0) is 16.2 Å². The monoisotopic (exact) mass is 660 g/mol. The second kappa shape index (κ2) is 13.3. The van der Waals surface area contributed by atoms with Crippen LogP contribution in [0.3, 0.4) is 0 Å². The van der Waals surface area contributed by atoms with Crippen LogP contribution in [0.2, 0.25) is 0 Å². The lowest BCUT2D eigenvalue weighted by Gasteiger charge is -2.28. The van der Waals surface area contributed by atoms with E-state index in [1.54, 1.807) is 0 Å². The van der Waals surface area contributed by atoms with Crippen molar-refractivity contribution >= 4 is 33.6 Å². The number of fused-ring (bicyclic) bond motifs is 6. The van der Waals surface area contributed by atoms with Crippen LogP contribution in [0.1, 0.15) is 109 Å². The zero-order chi connectivity index (χ0) is 34.4. The van der Waals surface area contributed by atoms with Crippen LogP contribution in [-0.4, -0.2) is 42.7 Å². The average Bonchev–Trinajstić information content (AvgIpc) is 3.85. The van der Waals surface area contributed by atoms with Crippen molar-refractivity contribution in [3.8, 4) is 28.1 Å². The molecule has 0 spiro atoms. The van der Waals surface area contributed by atoms with E-state index in [4.69, 9.17) is 9.72 Å². The fraction of sp³-hybridized carbons (Fsp3) is 0.450. The van der Waals surface area contributed by atoms with Crippen molar-refractivity contribution in [2.45, 2.75) is 105 Å². The zero-order valence-electron chi connectivity index (χ0n) is 29.5. The van der Waals surface area contributed by atoms with E-state index in [1.165, 1.54) is 0 Å². The summed E-state index contributed by atoms with van der Waals surface area (Å²) in [7, 11) is 0. The number of ether oxygens (including phenoxy) is 1. The molecular weight excluding hydrogens is 612 g/mol. The number of carbonyl (C=O) groups is 2. The van der Waals surface area contributed by atoms with E-state index in [2.05, 4.69) is 102 Å². The number of rotatable bonds is 10. The summed E-state index contributed by atoms with van der Waals surface area (Å²) in [4.78, 5) is 44.6.